The molecule has 2 aromatic heterocycles. The van der Waals surface area contributed by atoms with E-state index in [1.165, 1.54) is 18.0 Å². The van der Waals surface area contributed by atoms with Crippen molar-refractivity contribution < 1.29 is 9.53 Å². The van der Waals surface area contributed by atoms with E-state index in [-0.39, 0.29) is 27.6 Å². The molecule has 1 unspecified atom stereocenters. The Labute approximate surface area is 244 Å². The summed E-state index contributed by atoms with van der Waals surface area (Å²) >= 11 is 6.43. The van der Waals surface area contributed by atoms with Gasteiger partial charge in [-0.2, -0.15) is 5.26 Å². The summed E-state index contributed by atoms with van der Waals surface area (Å²) in [5, 5.41) is 18.7. The molecule has 0 fully saturated rings. The molecule has 1 atom stereocenters. The number of carbonyl (C=O) groups excluding carboxylic acids is 1. The van der Waals surface area contributed by atoms with Gasteiger partial charge in [-0.15, -0.1) is 0 Å². The molecule has 210 valence electrons. The van der Waals surface area contributed by atoms with Crippen LogP contribution in [-0.2, 0) is 0 Å². The van der Waals surface area contributed by atoms with Crippen LogP contribution in [0.4, 0.5) is 27.8 Å². The minimum Gasteiger partial charge on any atom is -0.495 e. The molecule has 5 rings (SSSR count). The smallest absolute Gasteiger partial charge is 0.323 e. The topological polar surface area (TPSA) is 173 Å². The second-order valence-corrected chi connectivity index (χ2v) is 9.44. The molecular formula is C29H24ClN9O3. The summed E-state index contributed by atoms with van der Waals surface area (Å²) in [6.45, 7) is 1.76. The molecule has 0 aliphatic heterocycles. The maximum atomic E-state index is 13.9. The number of urea groups is 1. The van der Waals surface area contributed by atoms with E-state index in [1.54, 1.807) is 73.7 Å². The first kappa shape index (κ1) is 27.9. The number of hydrogen-bond acceptors (Lipinski definition) is 9. The summed E-state index contributed by atoms with van der Waals surface area (Å²) in [6, 6.07) is 19.6. The van der Waals surface area contributed by atoms with Crippen molar-refractivity contribution in [3.8, 4) is 17.5 Å². The summed E-state index contributed by atoms with van der Waals surface area (Å²) in [7, 11) is 1.51. The van der Waals surface area contributed by atoms with Gasteiger partial charge in [-0.05, 0) is 49.4 Å². The maximum absolute atomic E-state index is 13.9. The molecule has 2 amide bonds. The Morgan fingerprint density at radius 1 is 1.10 bits per heavy atom. The molecule has 0 radical (unpaired) electrons. The van der Waals surface area contributed by atoms with Crippen molar-refractivity contribution in [1.29, 1.82) is 5.26 Å². The molecule has 0 spiro atoms. The lowest BCUT2D eigenvalue weighted by Gasteiger charge is -2.21. The van der Waals surface area contributed by atoms with Gasteiger partial charge in [-0.3, -0.25) is 9.36 Å². The third-order valence-corrected chi connectivity index (χ3v) is 6.63. The van der Waals surface area contributed by atoms with Gasteiger partial charge in [0.2, 0.25) is 0 Å². The summed E-state index contributed by atoms with van der Waals surface area (Å²) in [5.41, 5.74) is 7.20. The third kappa shape index (κ3) is 5.49. The Hall–Kier alpha value is -5.67. The number of carbonyl (C=O) groups is 1. The quantitative estimate of drug-likeness (QED) is 0.204. The van der Waals surface area contributed by atoms with Crippen molar-refractivity contribution in [3.63, 3.8) is 0 Å². The molecule has 0 aliphatic rings. The lowest BCUT2D eigenvalue weighted by Crippen LogP contribution is -2.28. The minimum atomic E-state index is -0.645. The molecule has 0 aliphatic carbocycles. The minimum absolute atomic E-state index is 0.0167. The molecule has 0 saturated heterocycles. The standard InChI is InChI=1S/C29H24ClN9O3/c1-16(35-26-19(14-31)25(32)33-15-34-26)27-37-22-11-6-9-20(30)24(22)28(40)39(27)18-8-5-7-17(13-18)36-29(41)38-21-10-3-4-12-23(21)42-2/h3-13,15-16H,1-2H3,(H2,36,38,41)(H3,32,33,34,35). The number of aromatic nitrogens is 4. The fourth-order valence-corrected chi connectivity index (χ4v) is 4.64. The van der Waals surface area contributed by atoms with Crippen molar-refractivity contribution in [1.82, 2.24) is 19.5 Å². The highest BCUT2D eigenvalue weighted by molar-refractivity contribution is 6.35. The van der Waals surface area contributed by atoms with Gasteiger partial charge in [0.15, 0.2) is 0 Å². The Balaban J connectivity index is 1.56. The second-order valence-electron chi connectivity index (χ2n) is 9.03. The highest BCUT2D eigenvalue weighted by atomic mass is 35.5. The van der Waals surface area contributed by atoms with E-state index in [2.05, 4.69) is 25.9 Å². The fourth-order valence-electron chi connectivity index (χ4n) is 4.39. The molecule has 42 heavy (non-hydrogen) atoms. The van der Waals surface area contributed by atoms with Crippen LogP contribution in [0.5, 0.6) is 5.75 Å². The SMILES string of the molecule is COc1ccccc1NC(=O)Nc1cccc(-n2c(C(C)Nc3ncnc(N)c3C#N)nc3cccc(Cl)c3c2=O)c1. The van der Waals surface area contributed by atoms with Crippen LogP contribution >= 0.6 is 11.6 Å². The number of ether oxygens (including phenoxy) is 1. The van der Waals surface area contributed by atoms with Gasteiger partial charge in [0.25, 0.3) is 5.56 Å². The Morgan fingerprint density at radius 3 is 2.67 bits per heavy atom. The average molecular weight is 582 g/mol. The maximum Gasteiger partial charge on any atom is 0.323 e. The summed E-state index contributed by atoms with van der Waals surface area (Å²) < 4.78 is 6.69. The van der Waals surface area contributed by atoms with Gasteiger partial charge >= 0.3 is 6.03 Å². The zero-order valence-electron chi connectivity index (χ0n) is 22.4. The highest BCUT2D eigenvalue weighted by Gasteiger charge is 2.22. The zero-order chi connectivity index (χ0) is 29.8. The number of amides is 2. The monoisotopic (exact) mass is 581 g/mol. The molecular weight excluding hydrogens is 558 g/mol. The second kappa shape index (κ2) is 11.8. The van der Waals surface area contributed by atoms with Gasteiger partial charge < -0.3 is 26.4 Å². The number of nitrogen functional groups attached to an aromatic ring is 1. The molecule has 3 aromatic carbocycles. The highest BCUT2D eigenvalue weighted by Crippen LogP contribution is 2.27. The van der Waals surface area contributed by atoms with Crippen molar-refractivity contribution in [2.75, 3.05) is 28.8 Å². The lowest BCUT2D eigenvalue weighted by molar-refractivity contribution is 0.262. The van der Waals surface area contributed by atoms with E-state index in [0.717, 1.165) is 0 Å². The zero-order valence-corrected chi connectivity index (χ0v) is 23.2. The van der Waals surface area contributed by atoms with Gasteiger partial charge in [0.05, 0.1) is 40.5 Å². The number of para-hydroxylation sites is 2. The average Bonchev–Trinajstić information content (AvgIpc) is 2.97. The number of methoxy groups -OCH3 is 1. The van der Waals surface area contributed by atoms with Gasteiger partial charge in [0.1, 0.15) is 41.2 Å². The normalized spacial score (nSPS) is 11.4. The lowest BCUT2D eigenvalue weighted by atomic mass is 10.2. The Morgan fingerprint density at radius 2 is 1.88 bits per heavy atom. The number of nitrogens with two attached hydrogens (primary N) is 1. The van der Waals surface area contributed by atoms with Crippen molar-refractivity contribution in [2.45, 2.75) is 13.0 Å². The predicted molar refractivity (Wildman–Crippen MR) is 161 cm³/mol. The van der Waals surface area contributed by atoms with Crippen LogP contribution in [0.25, 0.3) is 16.6 Å². The van der Waals surface area contributed by atoms with Crippen LogP contribution < -0.4 is 32.0 Å². The van der Waals surface area contributed by atoms with E-state index < -0.39 is 17.6 Å². The number of fused-ring (bicyclic) bond motifs is 1. The molecule has 2 heterocycles. The van der Waals surface area contributed by atoms with Crippen molar-refractivity contribution in [3.05, 3.63) is 99.8 Å². The summed E-state index contributed by atoms with van der Waals surface area (Å²) in [6.07, 6.45) is 1.23. The van der Waals surface area contributed by atoms with E-state index >= 15 is 0 Å². The molecule has 0 bridgehead atoms. The largest absolute Gasteiger partial charge is 0.495 e. The Kier molecular flexibility index (Phi) is 7.85. The van der Waals surface area contributed by atoms with Crippen molar-refractivity contribution in [2.24, 2.45) is 0 Å². The summed E-state index contributed by atoms with van der Waals surface area (Å²) in [4.78, 5) is 39.5. The first-order chi connectivity index (χ1) is 20.3. The Bertz CT molecular complexity index is 1920. The number of anilines is 4. The fraction of sp³-hybridized carbons (Fsp3) is 0.103. The van der Waals surface area contributed by atoms with Crippen LogP contribution in [0.3, 0.4) is 0 Å². The van der Waals surface area contributed by atoms with E-state index in [1.807, 2.05) is 6.07 Å². The number of halogens is 1. The third-order valence-electron chi connectivity index (χ3n) is 6.32. The van der Waals surface area contributed by atoms with E-state index in [4.69, 9.17) is 27.1 Å². The number of nitrogens with zero attached hydrogens (tertiary/aromatic N) is 5. The predicted octanol–water partition coefficient (Wildman–Crippen LogP) is 5.11. The number of benzene rings is 3. The van der Waals surface area contributed by atoms with Gasteiger partial charge in [-0.25, -0.2) is 19.7 Å². The first-order valence-electron chi connectivity index (χ1n) is 12.6. The van der Waals surface area contributed by atoms with E-state index in [9.17, 15) is 14.9 Å². The molecule has 13 heteroatoms. The first-order valence-corrected chi connectivity index (χ1v) is 13.0. The van der Waals surface area contributed by atoms with E-state index in [0.29, 0.717) is 34.2 Å². The van der Waals surface area contributed by atoms with Crippen LogP contribution in [0.2, 0.25) is 5.02 Å². The molecule has 5 aromatic rings. The number of nitriles is 1. The number of hydrogen-bond donors (Lipinski definition) is 4. The molecule has 5 N–H and O–H groups in total. The van der Waals surface area contributed by atoms with Crippen LogP contribution in [0.15, 0.2) is 77.9 Å². The molecule has 0 saturated carbocycles. The van der Waals surface area contributed by atoms with Gasteiger partial charge in [0, 0.05) is 5.69 Å². The number of rotatable bonds is 7. The van der Waals surface area contributed by atoms with Crippen LogP contribution in [-0.4, -0.2) is 32.7 Å². The number of nitrogens with one attached hydrogen (secondary N) is 3. The van der Waals surface area contributed by atoms with Crippen LogP contribution in [0.1, 0.15) is 24.4 Å². The molecule has 12 nitrogen and oxygen atoms in total. The summed E-state index contributed by atoms with van der Waals surface area (Å²) in [5.74, 6) is 1.01. The van der Waals surface area contributed by atoms with Gasteiger partial charge in [-0.1, -0.05) is 35.9 Å². The van der Waals surface area contributed by atoms with Crippen LogP contribution in [0, 0.1) is 11.3 Å². The van der Waals surface area contributed by atoms with Crippen molar-refractivity contribution >= 4 is 51.5 Å².